The number of nitrogens with one attached hydrogen (secondary N) is 2. The highest BCUT2D eigenvalue weighted by molar-refractivity contribution is 14.1. The van der Waals surface area contributed by atoms with Gasteiger partial charge in [-0.15, -0.1) is 0 Å². The molecule has 5 heteroatoms. The first kappa shape index (κ1) is 14.7. The standard InChI is InChI=1S/C14H17IN2OS/c15-12-9-5-4-8-11(12)13(18)17-14(19)16-10-6-2-1-3-7-10/h4-5,8-10H,1-3,6-7H2,(H2,16,17,18,19). The van der Waals surface area contributed by atoms with E-state index >= 15 is 0 Å². The first-order valence-electron chi connectivity index (χ1n) is 6.53. The monoisotopic (exact) mass is 388 g/mol. The van der Waals surface area contributed by atoms with Crippen molar-refractivity contribution in [2.45, 2.75) is 38.1 Å². The molecule has 0 atom stereocenters. The molecule has 0 heterocycles. The smallest absolute Gasteiger partial charge is 0.258 e. The molecule has 102 valence electrons. The van der Waals surface area contributed by atoms with Gasteiger partial charge in [-0.3, -0.25) is 10.1 Å². The summed E-state index contributed by atoms with van der Waals surface area (Å²) in [6.07, 6.45) is 6.06. The minimum absolute atomic E-state index is 0.140. The number of carbonyl (C=O) groups is 1. The number of amides is 1. The van der Waals surface area contributed by atoms with E-state index in [2.05, 4.69) is 33.2 Å². The lowest BCUT2D eigenvalue weighted by Gasteiger charge is -2.24. The average Bonchev–Trinajstić information content (AvgIpc) is 2.40. The van der Waals surface area contributed by atoms with Gasteiger partial charge >= 0.3 is 0 Å². The van der Waals surface area contributed by atoms with Crippen molar-refractivity contribution in [2.75, 3.05) is 0 Å². The Kier molecular flexibility index (Phi) is 5.57. The molecule has 1 amide bonds. The number of halogens is 1. The van der Waals surface area contributed by atoms with E-state index < -0.39 is 0 Å². The molecule has 1 fully saturated rings. The molecule has 19 heavy (non-hydrogen) atoms. The van der Waals surface area contributed by atoms with E-state index in [4.69, 9.17) is 12.2 Å². The van der Waals surface area contributed by atoms with E-state index in [0.29, 0.717) is 16.7 Å². The summed E-state index contributed by atoms with van der Waals surface area (Å²) < 4.78 is 0.929. The molecule has 1 saturated carbocycles. The normalized spacial score (nSPS) is 15.8. The number of hydrogen-bond donors (Lipinski definition) is 2. The molecule has 1 aromatic rings. The van der Waals surface area contributed by atoms with E-state index in [-0.39, 0.29) is 5.91 Å². The van der Waals surface area contributed by atoms with Crippen LogP contribution in [0.2, 0.25) is 0 Å². The van der Waals surface area contributed by atoms with E-state index in [0.717, 1.165) is 16.4 Å². The fraction of sp³-hybridized carbons (Fsp3) is 0.429. The summed E-state index contributed by atoms with van der Waals surface area (Å²) in [5, 5.41) is 6.44. The van der Waals surface area contributed by atoms with E-state index in [1.165, 1.54) is 19.3 Å². The second-order valence-electron chi connectivity index (χ2n) is 4.74. The van der Waals surface area contributed by atoms with Crippen LogP contribution < -0.4 is 10.6 Å². The Balaban J connectivity index is 1.88. The fourth-order valence-corrected chi connectivity index (χ4v) is 3.18. The molecule has 0 saturated heterocycles. The van der Waals surface area contributed by atoms with Gasteiger partial charge in [-0.25, -0.2) is 0 Å². The maximum absolute atomic E-state index is 12.1. The molecular weight excluding hydrogens is 371 g/mol. The Morgan fingerprint density at radius 3 is 2.58 bits per heavy atom. The lowest BCUT2D eigenvalue weighted by molar-refractivity contribution is 0.0975. The number of thiocarbonyl (C=S) groups is 1. The minimum Gasteiger partial charge on any atom is -0.360 e. The molecule has 1 aromatic carbocycles. The lowest BCUT2D eigenvalue weighted by atomic mass is 9.96. The van der Waals surface area contributed by atoms with Crippen LogP contribution >= 0.6 is 34.8 Å². The zero-order chi connectivity index (χ0) is 13.7. The van der Waals surface area contributed by atoms with E-state index in [9.17, 15) is 4.79 Å². The van der Waals surface area contributed by atoms with Crippen molar-refractivity contribution in [3.63, 3.8) is 0 Å². The van der Waals surface area contributed by atoms with Crippen LogP contribution in [0.15, 0.2) is 24.3 Å². The number of benzene rings is 1. The molecule has 2 rings (SSSR count). The van der Waals surface area contributed by atoms with Gasteiger partial charge < -0.3 is 5.32 Å². The largest absolute Gasteiger partial charge is 0.360 e. The van der Waals surface area contributed by atoms with Crippen molar-refractivity contribution in [1.29, 1.82) is 0 Å². The summed E-state index contributed by atoms with van der Waals surface area (Å²) in [5.41, 5.74) is 0.663. The lowest BCUT2D eigenvalue weighted by Crippen LogP contribution is -2.45. The zero-order valence-corrected chi connectivity index (χ0v) is 13.6. The molecule has 0 bridgehead atoms. The Labute approximate surface area is 132 Å². The topological polar surface area (TPSA) is 41.1 Å². The maximum atomic E-state index is 12.1. The molecule has 0 radical (unpaired) electrons. The maximum Gasteiger partial charge on any atom is 0.258 e. The SMILES string of the molecule is O=C(NC(=S)NC1CCCCC1)c1ccccc1I. The second-order valence-corrected chi connectivity index (χ2v) is 6.31. The van der Waals surface area contributed by atoms with Crippen LogP contribution in [0.3, 0.4) is 0 Å². The molecule has 0 aliphatic heterocycles. The van der Waals surface area contributed by atoms with Crippen molar-refractivity contribution in [3.05, 3.63) is 33.4 Å². The molecule has 0 unspecified atom stereocenters. The molecule has 1 aliphatic carbocycles. The number of rotatable bonds is 2. The summed E-state index contributed by atoms with van der Waals surface area (Å²) in [5.74, 6) is -0.140. The van der Waals surface area contributed by atoms with Gasteiger partial charge in [-0.2, -0.15) is 0 Å². The molecule has 0 spiro atoms. The van der Waals surface area contributed by atoms with Gasteiger partial charge in [0.25, 0.3) is 5.91 Å². The first-order chi connectivity index (χ1) is 9.16. The summed E-state index contributed by atoms with van der Waals surface area (Å²) in [7, 11) is 0. The fourth-order valence-electron chi connectivity index (χ4n) is 2.28. The Bertz CT molecular complexity index is 472. The minimum atomic E-state index is -0.140. The van der Waals surface area contributed by atoms with Crippen LogP contribution in [0, 0.1) is 3.57 Å². The number of hydrogen-bond acceptors (Lipinski definition) is 2. The van der Waals surface area contributed by atoms with Crippen LogP contribution in [0.5, 0.6) is 0 Å². The molecule has 1 aliphatic rings. The molecular formula is C14H17IN2OS. The van der Waals surface area contributed by atoms with Gasteiger partial charge in [0.15, 0.2) is 5.11 Å². The molecule has 3 nitrogen and oxygen atoms in total. The third kappa shape index (κ3) is 4.42. The van der Waals surface area contributed by atoms with Gasteiger partial charge in [0.2, 0.25) is 0 Å². The third-order valence-electron chi connectivity index (χ3n) is 3.29. The third-order valence-corrected chi connectivity index (χ3v) is 4.45. The van der Waals surface area contributed by atoms with Gasteiger partial charge in [0, 0.05) is 9.61 Å². The van der Waals surface area contributed by atoms with Crippen LogP contribution in [-0.4, -0.2) is 17.1 Å². The van der Waals surface area contributed by atoms with Crippen molar-refractivity contribution in [2.24, 2.45) is 0 Å². The highest BCUT2D eigenvalue weighted by atomic mass is 127. The van der Waals surface area contributed by atoms with Crippen LogP contribution in [0.4, 0.5) is 0 Å². The van der Waals surface area contributed by atoms with Gasteiger partial charge in [0.1, 0.15) is 0 Å². The van der Waals surface area contributed by atoms with Crippen molar-refractivity contribution < 1.29 is 4.79 Å². The predicted molar refractivity (Wildman–Crippen MR) is 89.2 cm³/mol. The van der Waals surface area contributed by atoms with Crippen LogP contribution in [0.1, 0.15) is 42.5 Å². The predicted octanol–water partition coefficient (Wildman–Crippen LogP) is 3.23. The van der Waals surface area contributed by atoms with Gasteiger partial charge in [0.05, 0.1) is 5.56 Å². The second kappa shape index (κ2) is 7.19. The van der Waals surface area contributed by atoms with Crippen LogP contribution in [0.25, 0.3) is 0 Å². The Hall–Kier alpha value is -0.690. The van der Waals surface area contributed by atoms with Gasteiger partial charge in [-0.1, -0.05) is 31.4 Å². The van der Waals surface area contributed by atoms with Crippen molar-refractivity contribution in [1.82, 2.24) is 10.6 Å². The zero-order valence-electron chi connectivity index (χ0n) is 10.6. The summed E-state index contributed by atoms with van der Waals surface area (Å²) in [4.78, 5) is 12.1. The Morgan fingerprint density at radius 1 is 1.21 bits per heavy atom. The summed E-state index contributed by atoms with van der Waals surface area (Å²) >= 11 is 7.36. The van der Waals surface area contributed by atoms with Crippen molar-refractivity contribution >= 4 is 45.8 Å². The first-order valence-corrected chi connectivity index (χ1v) is 8.02. The summed E-state index contributed by atoms with van der Waals surface area (Å²) in [6, 6.07) is 7.90. The van der Waals surface area contributed by atoms with Crippen LogP contribution in [-0.2, 0) is 0 Å². The molecule has 0 aromatic heterocycles. The quantitative estimate of drug-likeness (QED) is 0.604. The van der Waals surface area contributed by atoms with E-state index in [1.807, 2.05) is 18.2 Å². The molecule has 2 N–H and O–H groups in total. The number of carbonyl (C=O) groups excluding carboxylic acids is 1. The highest BCUT2D eigenvalue weighted by Crippen LogP contribution is 2.17. The highest BCUT2D eigenvalue weighted by Gasteiger charge is 2.16. The Morgan fingerprint density at radius 2 is 1.89 bits per heavy atom. The van der Waals surface area contributed by atoms with Gasteiger partial charge in [-0.05, 0) is 59.8 Å². The van der Waals surface area contributed by atoms with E-state index in [1.54, 1.807) is 6.07 Å². The average molecular weight is 388 g/mol. The van der Waals surface area contributed by atoms with Crippen molar-refractivity contribution in [3.8, 4) is 0 Å². The summed E-state index contributed by atoms with van der Waals surface area (Å²) in [6.45, 7) is 0.